The Balaban J connectivity index is 2.14. The smallest absolute Gasteiger partial charge is 0.137 e. The molecule has 0 aliphatic carbocycles. The molecule has 2 rings (SSSR count). The van der Waals surface area contributed by atoms with Crippen molar-refractivity contribution in [3.8, 4) is 0 Å². The lowest BCUT2D eigenvalue weighted by atomic mass is 10.1. The van der Waals surface area contributed by atoms with Crippen LogP contribution in [0.2, 0.25) is 10.3 Å². The number of ether oxygens (including phenoxy) is 1. The van der Waals surface area contributed by atoms with E-state index >= 15 is 0 Å². The summed E-state index contributed by atoms with van der Waals surface area (Å²) in [5, 5.41) is 0.896. The minimum Gasteiger partial charge on any atom is -0.381 e. The Hall–Kier alpha value is -0.380. The average molecular weight is 247 g/mol. The Morgan fingerprint density at radius 3 is 2.53 bits per heavy atom. The van der Waals surface area contributed by atoms with Crippen LogP contribution in [0.5, 0.6) is 0 Å². The highest BCUT2D eigenvalue weighted by atomic mass is 35.5. The van der Waals surface area contributed by atoms with Crippen LogP contribution in [0.1, 0.15) is 17.8 Å². The normalized spacial score (nSPS) is 20.9. The fourth-order valence-corrected chi connectivity index (χ4v) is 2.02. The molecule has 82 valence electrons. The highest BCUT2D eigenvalue weighted by Gasteiger charge is 2.18. The molecule has 15 heavy (non-hydrogen) atoms. The van der Waals surface area contributed by atoms with Gasteiger partial charge in [0, 0.05) is 25.2 Å². The molecule has 1 unspecified atom stereocenters. The Labute approximate surface area is 98.8 Å². The van der Waals surface area contributed by atoms with E-state index in [2.05, 4.69) is 9.97 Å². The topological polar surface area (TPSA) is 35.0 Å². The van der Waals surface area contributed by atoms with Gasteiger partial charge in [0.05, 0.1) is 0 Å². The molecule has 5 heteroatoms. The molecule has 1 aromatic heterocycles. The van der Waals surface area contributed by atoms with Crippen LogP contribution in [0.4, 0.5) is 0 Å². The summed E-state index contributed by atoms with van der Waals surface area (Å²) in [7, 11) is 0. The van der Waals surface area contributed by atoms with E-state index in [0.717, 1.165) is 31.6 Å². The van der Waals surface area contributed by atoms with E-state index in [1.165, 1.54) is 0 Å². The molecular weight excluding hydrogens is 235 g/mol. The van der Waals surface area contributed by atoms with Crippen LogP contribution in [0.25, 0.3) is 0 Å². The number of nitrogens with zero attached hydrogens (tertiary/aromatic N) is 2. The zero-order chi connectivity index (χ0) is 10.8. The Bertz CT molecular complexity index is 341. The van der Waals surface area contributed by atoms with Crippen molar-refractivity contribution in [1.82, 2.24) is 9.97 Å². The first kappa shape index (κ1) is 11.1. The van der Waals surface area contributed by atoms with Gasteiger partial charge in [0.25, 0.3) is 0 Å². The van der Waals surface area contributed by atoms with Gasteiger partial charge in [0.1, 0.15) is 16.1 Å². The minimum atomic E-state index is 0.448. The van der Waals surface area contributed by atoms with E-state index in [9.17, 15) is 0 Å². The van der Waals surface area contributed by atoms with Gasteiger partial charge in [-0.25, -0.2) is 9.97 Å². The monoisotopic (exact) mass is 246 g/mol. The van der Waals surface area contributed by atoms with Crippen molar-refractivity contribution in [2.75, 3.05) is 13.2 Å². The Kier molecular flexibility index (Phi) is 3.44. The van der Waals surface area contributed by atoms with Crippen LogP contribution < -0.4 is 0 Å². The third kappa shape index (κ3) is 2.60. The van der Waals surface area contributed by atoms with Crippen LogP contribution >= 0.6 is 23.2 Å². The second kappa shape index (κ2) is 4.64. The van der Waals surface area contributed by atoms with Crippen LogP contribution in [-0.4, -0.2) is 23.2 Å². The van der Waals surface area contributed by atoms with E-state index in [4.69, 9.17) is 27.9 Å². The fraction of sp³-hybridized carbons (Fsp3) is 0.600. The molecule has 1 aliphatic rings. The summed E-state index contributed by atoms with van der Waals surface area (Å²) in [6, 6.07) is 0. The molecule has 0 N–H and O–H groups in total. The van der Waals surface area contributed by atoms with Gasteiger partial charge < -0.3 is 4.74 Å². The molecule has 0 amide bonds. The maximum absolute atomic E-state index is 5.94. The van der Waals surface area contributed by atoms with Gasteiger partial charge in [0.15, 0.2) is 0 Å². The van der Waals surface area contributed by atoms with Crippen molar-refractivity contribution in [2.45, 2.75) is 19.8 Å². The number of aromatic nitrogens is 2. The van der Waals surface area contributed by atoms with Gasteiger partial charge in [-0.3, -0.25) is 0 Å². The predicted octanol–water partition coefficient (Wildman–Crippen LogP) is 2.67. The Morgan fingerprint density at radius 1 is 1.33 bits per heavy atom. The van der Waals surface area contributed by atoms with Crippen LogP contribution in [0, 0.1) is 12.8 Å². The SMILES string of the molecule is Cc1c(Cl)nc(CC2CCOC2)nc1Cl. The number of halogens is 2. The van der Waals surface area contributed by atoms with Crippen molar-refractivity contribution in [3.05, 3.63) is 21.7 Å². The van der Waals surface area contributed by atoms with Gasteiger partial charge in [-0.2, -0.15) is 0 Å². The number of hydrogen-bond acceptors (Lipinski definition) is 3. The molecule has 1 atom stereocenters. The second-order valence-electron chi connectivity index (χ2n) is 3.78. The Morgan fingerprint density at radius 2 is 2.00 bits per heavy atom. The lowest BCUT2D eigenvalue weighted by molar-refractivity contribution is 0.185. The third-order valence-electron chi connectivity index (χ3n) is 2.57. The highest BCUT2D eigenvalue weighted by Crippen LogP contribution is 2.22. The zero-order valence-electron chi connectivity index (χ0n) is 8.46. The summed E-state index contributed by atoms with van der Waals surface area (Å²) in [5.74, 6) is 1.21. The molecule has 1 aromatic rings. The van der Waals surface area contributed by atoms with Crippen molar-refractivity contribution >= 4 is 23.2 Å². The molecule has 1 aliphatic heterocycles. The zero-order valence-corrected chi connectivity index (χ0v) is 9.98. The van der Waals surface area contributed by atoms with Crippen LogP contribution in [-0.2, 0) is 11.2 Å². The maximum atomic E-state index is 5.94. The van der Waals surface area contributed by atoms with Crippen LogP contribution in [0.15, 0.2) is 0 Å². The molecule has 3 nitrogen and oxygen atoms in total. The van der Waals surface area contributed by atoms with Gasteiger partial charge in [-0.15, -0.1) is 0 Å². The molecule has 1 fully saturated rings. The summed E-state index contributed by atoms with van der Waals surface area (Å²) < 4.78 is 5.29. The van der Waals surface area contributed by atoms with Crippen molar-refractivity contribution < 1.29 is 4.74 Å². The second-order valence-corrected chi connectivity index (χ2v) is 4.50. The van der Waals surface area contributed by atoms with Gasteiger partial charge in [0.2, 0.25) is 0 Å². The number of hydrogen-bond donors (Lipinski definition) is 0. The van der Waals surface area contributed by atoms with Crippen molar-refractivity contribution in [1.29, 1.82) is 0 Å². The van der Waals surface area contributed by atoms with Gasteiger partial charge in [-0.1, -0.05) is 23.2 Å². The largest absolute Gasteiger partial charge is 0.381 e. The van der Waals surface area contributed by atoms with Gasteiger partial charge in [-0.05, 0) is 19.3 Å². The molecule has 0 bridgehead atoms. The molecule has 0 saturated carbocycles. The van der Waals surface area contributed by atoms with E-state index in [1.807, 2.05) is 6.92 Å². The summed E-state index contributed by atoms with van der Waals surface area (Å²) in [6.07, 6.45) is 1.85. The predicted molar refractivity (Wildman–Crippen MR) is 59.4 cm³/mol. The first-order chi connectivity index (χ1) is 7.16. The molecule has 0 spiro atoms. The minimum absolute atomic E-state index is 0.448. The third-order valence-corrected chi connectivity index (χ3v) is 3.30. The van der Waals surface area contributed by atoms with E-state index < -0.39 is 0 Å². The molecular formula is C10H12Cl2N2O. The summed E-state index contributed by atoms with van der Waals surface area (Å²) in [6.45, 7) is 3.43. The number of rotatable bonds is 2. The standard InChI is InChI=1S/C10H12Cl2N2O/c1-6-9(11)13-8(14-10(6)12)4-7-2-3-15-5-7/h7H,2-5H2,1H3. The van der Waals surface area contributed by atoms with Crippen molar-refractivity contribution in [3.63, 3.8) is 0 Å². The van der Waals surface area contributed by atoms with Gasteiger partial charge >= 0.3 is 0 Å². The molecule has 0 radical (unpaired) electrons. The summed E-state index contributed by atoms with van der Waals surface area (Å²) in [4.78, 5) is 8.42. The lowest BCUT2D eigenvalue weighted by Crippen LogP contribution is -2.08. The molecule has 2 heterocycles. The average Bonchev–Trinajstić information content (AvgIpc) is 2.66. The van der Waals surface area contributed by atoms with E-state index in [-0.39, 0.29) is 0 Å². The molecule has 1 saturated heterocycles. The fourth-order valence-electron chi connectivity index (χ4n) is 1.60. The van der Waals surface area contributed by atoms with Crippen molar-refractivity contribution in [2.24, 2.45) is 5.92 Å². The summed E-state index contributed by atoms with van der Waals surface area (Å²) in [5.41, 5.74) is 0.741. The quantitative estimate of drug-likeness (QED) is 0.753. The lowest BCUT2D eigenvalue weighted by Gasteiger charge is -2.07. The summed E-state index contributed by atoms with van der Waals surface area (Å²) >= 11 is 11.9. The maximum Gasteiger partial charge on any atom is 0.137 e. The first-order valence-corrected chi connectivity index (χ1v) is 5.68. The first-order valence-electron chi connectivity index (χ1n) is 4.93. The molecule has 0 aromatic carbocycles. The van der Waals surface area contributed by atoms with Crippen LogP contribution in [0.3, 0.4) is 0 Å². The highest BCUT2D eigenvalue weighted by molar-refractivity contribution is 6.34. The van der Waals surface area contributed by atoms with E-state index in [1.54, 1.807) is 0 Å². The van der Waals surface area contributed by atoms with E-state index in [0.29, 0.717) is 22.0 Å².